The molecule has 7 heteroatoms. The van der Waals surface area contributed by atoms with Gasteiger partial charge in [-0.1, -0.05) is 23.8 Å². The van der Waals surface area contributed by atoms with E-state index in [9.17, 15) is 13.2 Å². The molecule has 1 amide bonds. The van der Waals surface area contributed by atoms with E-state index in [4.69, 9.17) is 0 Å². The minimum Gasteiger partial charge on any atom is -0.324 e. The quantitative estimate of drug-likeness (QED) is 0.793. The summed E-state index contributed by atoms with van der Waals surface area (Å²) in [6.07, 6.45) is 0. The molecule has 0 radical (unpaired) electrons. The van der Waals surface area contributed by atoms with Crippen LogP contribution in [-0.2, 0) is 14.8 Å². The van der Waals surface area contributed by atoms with Crippen LogP contribution in [0.1, 0.15) is 27.8 Å². The van der Waals surface area contributed by atoms with Crippen LogP contribution in [0.5, 0.6) is 0 Å². The first-order valence-corrected chi connectivity index (χ1v) is 11.7. The van der Waals surface area contributed by atoms with Crippen molar-refractivity contribution in [1.29, 1.82) is 0 Å². The summed E-state index contributed by atoms with van der Waals surface area (Å²) in [5.41, 5.74) is 6.16. The molecule has 0 unspecified atom stereocenters. The number of nitrogens with one attached hydrogen (secondary N) is 1. The van der Waals surface area contributed by atoms with Gasteiger partial charge in [-0.25, -0.2) is 8.42 Å². The maximum Gasteiger partial charge on any atom is 0.243 e. The summed E-state index contributed by atoms with van der Waals surface area (Å²) in [5, 5.41) is 3.02. The van der Waals surface area contributed by atoms with Crippen LogP contribution >= 0.6 is 0 Å². The molecule has 0 aromatic heterocycles. The number of rotatable bonds is 5. The first-order chi connectivity index (χ1) is 14.1. The molecule has 30 heavy (non-hydrogen) atoms. The monoisotopic (exact) mass is 429 g/mol. The van der Waals surface area contributed by atoms with Gasteiger partial charge < -0.3 is 5.32 Å². The molecule has 1 aliphatic rings. The van der Waals surface area contributed by atoms with E-state index in [0.717, 1.165) is 27.9 Å². The molecule has 2 aromatic rings. The SMILES string of the molecule is Cc1cc(C)c(NC(=O)CN2CCN(S(=O)(=O)c3ccc(C)c(C)c3)CC2)c(C)c1. The van der Waals surface area contributed by atoms with Gasteiger partial charge in [0.25, 0.3) is 0 Å². The summed E-state index contributed by atoms with van der Waals surface area (Å²) >= 11 is 0. The maximum absolute atomic E-state index is 13.0. The molecule has 1 N–H and O–H groups in total. The zero-order chi connectivity index (χ0) is 22.1. The average Bonchev–Trinajstić information content (AvgIpc) is 2.67. The maximum atomic E-state index is 13.0. The third kappa shape index (κ3) is 4.91. The highest BCUT2D eigenvalue weighted by Crippen LogP contribution is 2.23. The fraction of sp³-hybridized carbons (Fsp3) is 0.435. The molecule has 1 saturated heterocycles. The Morgan fingerprint density at radius 1 is 0.867 bits per heavy atom. The van der Waals surface area contributed by atoms with Crippen molar-refractivity contribution in [3.63, 3.8) is 0 Å². The van der Waals surface area contributed by atoms with Crippen molar-refractivity contribution in [3.05, 3.63) is 58.1 Å². The lowest BCUT2D eigenvalue weighted by molar-refractivity contribution is -0.117. The molecule has 0 saturated carbocycles. The average molecular weight is 430 g/mol. The lowest BCUT2D eigenvalue weighted by Crippen LogP contribution is -2.50. The molecular weight excluding hydrogens is 398 g/mol. The van der Waals surface area contributed by atoms with Gasteiger partial charge in [0.2, 0.25) is 15.9 Å². The predicted octanol–water partition coefficient (Wildman–Crippen LogP) is 3.17. The first-order valence-electron chi connectivity index (χ1n) is 10.3. The summed E-state index contributed by atoms with van der Waals surface area (Å²) in [5.74, 6) is -0.0736. The van der Waals surface area contributed by atoms with Gasteiger partial charge in [-0.2, -0.15) is 4.31 Å². The summed E-state index contributed by atoms with van der Waals surface area (Å²) in [4.78, 5) is 14.9. The molecule has 162 valence electrons. The number of sulfonamides is 1. The predicted molar refractivity (Wildman–Crippen MR) is 120 cm³/mol. The highest BCUT2D eigenvalue weighted by molar-refractivity contribution is 7.89. The van der Waals surface area contributed by atoms with Crippen molar-refractivity contribution in [3.8, 4) is 0 Å². The smallest absolute Gasteiger partial charge is 0.243 e. The van der Waals surface area contributed by atoms with E-state index >= 15 is 0 Å². The molecule has 2 aromatic carbocycles. The molecule has 1 aliphatic heterocycles. The van der Waals surface area contributed by atoms with Gasteiger partial charge in [0.15, 0.2) is 0 Å². The van der Waals surface area contributed by atoms with Crippen molar-refractivity contribution < 1.29 is 13.2 Å². The Hall–Kier alpha value is -2.22. The van der Waals surface area contributed by atoms with E-state index in [1.165, 1.54) is 9.87 Å². The molecule has 0 aliphatic carbocycles. The Kier molecular flexibility index (Phi) is 6.65. The highest BCUT2D eigenvalue weighted by atomic mass is 32.2. The highest BCUT2D eigenvalue weighted by Gasteiger charge is 2.29. The summed E-state index contributed by atoms with van der Waals surface area (Å²) < 4.78 is 27.4. The van der Waals surface area contributed by atoms with E-state index in [-0.39, 0.29) is 12.5 Å². The van der Waals surface area contributed by atoms with Crippen LogP contribution in [0.25, 0.3) is 0 Å². The number of anilines is 1. The molecular formula is C23H31N3O3S. The van der Waals surface area contributed by atoms with Gasteiger partial charge in [0.1, 0.15) is 0 Å². The second-order valence-corrected chi connectivity index (χ2v) is 10.2. The van der Waals surface area contributed by atoms with Crippen molar-refractivity contribution in [2.75, 3.05) is 38.0 Å². The Morgan fingerprint density at radius 2 is 1.47 bits per heavy atom. The minimum atomic E-state index is -3.51. The number of nitrogens with zero attached hydrogens (tertiary/aromatic N) is 2. The molecule has 1 heterocycles. The number of carbonyl (C=O) groups is 1. The Labute approximate surface area is 179 Å². The number of carbonyl (C=O) groups excluding carboxylic acids is 1. The standard InChI is InChI=1S/C23H31N3O3S/c1-16-12-19(4)23(20(5)13-16)24-22(27)15-25-8-10-26(11-9-25)30(28,29)21-7-6-17(2)18(3)14-21/h6-7,12-14H,8-11,15H2,1-5H3,(H,24,27). The molecule has 1 fully saturated rings. The summed E-state index contributed by atoms with van der Waals surface area (Å²) in [7, 11) is -3.51. The van der Waals surface area contributed by atoms with Crippen molar-refractivity contribution in [1.82, 2.24) is 9.21 Å². The van der Waals surface area contributed by atoms with Crippen LogP contribution in [0.15, 0.2) is 35.2 Å². The van der Waals surface area contributed by atoms with E-state index in [1.54, 1.807) is 12.1 Å². The van der Waals surface area contributed by atoms with E-state index in [0.29, 0.717) is 31.1 Å². The number of aryl methyl sites for hydroxylation is 5. The van der Waals surface area contributed by atoms with Crippen molar-refractivity contribution in [2.45, 2.75) is 39.5 Å². The third-order valence-corrected chi connectivity index (χ3v) is 7.65. The van der Waals surface area contributed by atoms with E-state index in [1.807, 2.05) is 45.6 Å². The zero-order valence-corrected chi connectivity index (χ0v) is 19.3. The molecule has 0 spiro atoms. The number of hydrogen-bond acceptors (Lipinski definition) is 4. The largest absolute Gasteiger partial charge is 0.324 e. The topological polar surface area (TPSA) is 69.7 Å². The van der Waals surface area contributed by atoms with Gasteiger partial charge >= 0.3 is 0 Å². The Morgan fingerprint density at radius 3 is 2.03 bits per heavy atom. The van der Waals surface area contributed by atoms with Crippen LogP contribution in [0, 0.1) is 34.6 Å². The number of hydrogen-bond donors (Lipinski definition) is 1. The van der Waals surface area contributed by atoms with Crippen LogP contribution in [0.4, 0.5) is 5.69 Å². The lowest BCUT2D eigenvalue weighted by Gasteiger charge is -2.33. The van der Waals surface area contributed by atoms with Crippen molar-refractivity contribution in [2.24, 2.45) is 0 Å². The molecule has 0 atom stereocenters. The van der Waals surface area contributed by atoms with Gasteiger partial charge in [0, 0.05) is 31.9 Å². The molecule has 0 bridgehead atoms. The fourth-order valence-electron chi connectivity index (χ4n) is 3.91. The third-order valence-electron chi connectivity index (χ3n) is 5.76. The van der Waals surface area contributed by atoms with Gasteiger partial charge in [-0.3, -0.25) is 9.69 Å². The second-order valence-electron chi connectivity index (χ2n) is 8.25. The Balaban J connectivity index is 1.59. The van der Waals surface area contributed by atoms with E-state index < -0.39 is 10.0 Å². The second kappa shape index (κ2) is 8.88. The van der Waals surface area contributed by atoms with Crippen LogP contribution < -0.4 is 5.32 Å². The summed E-state index contributed by atoms with van der Waals surface area (Å²) in [6.45, 7) is 12.0. The molecule has 3 rings (SSSR count). The van der Waals surface area contributed by atoms with Crippen LogP contribution in [0.2, 0.25) is 0 Å². The number of benzene rings is 2. The number of piperazine rings is 1. The van der Waals surface area contributed by atoms with Crippen molar-refractivity contribution >= 4 is 21.6 Å². The van der Waals surface area contributed by atoms with E-state index in [2.05, 4.69) is 17.4 Å². The van der Waals surface area contributed by atoms with Gasteiger partial charge in [-0.05, 0) is 69.0 Å². The van der Waals surface area contributed by atoms with Gasteiger partial charge in [0.05, 0.1) is 11.4 Å². The van der Waals surface area contributed by atoms with Gasteiger partial charge in [-0.15, -0.1) is 0 Å². The first kappa shape index (κ1) is 22.5. The molecule has 6 nitrogen and oxygen atoms in total. The minimum absolute atomic E-state index is 0.0736. The van der Waals surface area contributed by atoms with Crippen LogP contribution in [0.3, 0.4) is 0 Å². The lowest BCUT2D eigenvalue weighted by atomic mass is 10.1. The fourth-order valence-corrected chi connectivity index (χ4v) is 5.42. The summed E-state index contributed by atoms with van der Waals surface area (Å²) in [6, 6.07) is 9.36. The number of amides is 1. The normalized spacial score (nSPS) is 15.9. The zero-order valence-electron chi connectivity index (χ0n) is 18.4. The Bertz CT molecular complexity index is 1030. The van der Waals surface area contributed by atoms with Crippen LogP contribution in [-0.4, -0.2) is 56.3 Å².